The normalized spacial score (nSPS) is 24.2. The zero-order chi connectivity index (χ0) is 16.8. The van der Waals surface area contributed by atoms with Gasteiger partial charge >= 0.3 is 6.03 Å². The van der Waals surface area contributed by atoms with Crippen molar-refractivity contribution in [3.8, 4) is 0 Å². The quantitative estimate of drug-likeness (QED) is 0.886. The van der Waals surface area contributed by atoms with Crippen molar-refractivity contribution in [2.75, 3.05) is 47.9 Å². The van der Waals surface area contributed by atoms with Crippen LogP contribution in [0.3, 0.4) is 0 Å². The van der Waals surface area contributed by atoms with Gasteiger partial charge in [0, 0.05) is 31.6 Å². The summed E-state index contributed by atoms with van der Waals surface area (Å²) in [6.45, 7) is 3.14. The average molecular weight is 349 g/mol. The van der Waals surface area contributed by atoms with Crippen LogP contribution in [0.2, 0.25) is 0 Å². The summed E-state index contributed by atoms with van der Waals surface area (Å²) in [6, 6.07) is 7.79. The van der Waals surface area contributed by atoms with Crippen molar-refractivity contribution in [3.63, 3.8) is 0 Å². The van der Waals surface area contributed by atoms with Crippen LogP contribution in [0.15, 0.2) is 24.3 Å². The number of para-hydroxylation sites is 2. The third-order valence-corrected chi connectivity index (χ3v) is 7.34. The molecule has 3 saturated heterocycles. The lowest BCUT2D eigenvalue weighted by Crippen LogP contribution is -2.69. The summed E-state index contributed by atoms with van der Waals surface area (Å²) in [6.07, 6.45) is 3.64. The topological polar surface area (TPSA) is 69.7 Å². The molecule has 130 valence electrons. The minimum absolute atomic E-state index is 0.130. The molecule has 1 aromatic rings. The van der Waals surface area contributed by atoms with Gasteiger partial charge in [0.25, 0.3) is 0 Å². The summed E-state index contributed by atoms with van der Waals surface area (Å²) in [5.74, 6) is 0.461. The molecule has 2 amide bonds. The number of nitrogens with zero attached hydrogens (tertiary/aromatic N) is 2. The van der Waals surface area contributed by atoms with E-state index in [1.807, 2.05) is 18.2 Å². The molecule has 0 saturated carbocycles. The van der Waals surface area contributed by atoms with Gasteiger partial charge in [0.1, 0.15) is 0 Å². The lowest BCUT2D eigenvalue weighted by atomic mass is 9.83. The highest BCUT2D eigenvalue weighted by atomic mass is 32.2. The van der Waals surface area contributed by atoms with Crippen LogP contribution in [0.4, 0.5) is 16.2 Å². The maximum atomic E-state index is 12.5. The molecule has 4 rings (SSSR count). The van der Waals surface area contributed by atoms with Crippen LogP contribution in [0.1, 0.15) is 19.3 Å². The number of amides is 2. The SMILES string of the molecule is O=C(Nc1ccccc1N1CCCCC1)N1CC2(C1)CS(=O)(=O)C2. The molecule has 0 aromatic heterocycles. The van der Waals surface area contributed by atoms with Crippen LogP contribution in [-0.2, 0) is 9.84 Å². The number of hydrogen-bond donors (Lipinski definition) is 1. The lowest BCUT2D eigenvalue weighted by Gasteiger charge is -2.54. The Bertz CT molecular complexity index is 736. The molecule has 3 aliphatic heterocycles. The third-order valence-electron chi connectivity index (χ3n) is 5.23. The lowest BCUT2D eigenvalue weighted by molar-refractivity contribution is 0.0618. The predicted molar refractivity (Wildman–Crippen MR) is 94.2 cm³/mol. The van der Waals surface area contributed by atoms with Gasteiger partial charge in [0.05, 0.1) is 22.9 Å². The maximum Gasteiger partial charge on any atom is 0.321 e. The van der Waals surface area contributed by atoms with Crippen LogP contribution >= 0.6 is 0 Å². The molecule has 3 aliphatic rings. The Labute approximate surface area is 142 Å². The molecular formula is C17H23N3O3S. The van der Waals surface area contributed by atoms with Gasteiger partial charge in [-0.2, -0.15) is 0 Å². The number of rotatable bonds is 2. The molecule has 0 atom stereocenters. The van der Waals surface area contributed by atoms with E-state index < -0.39 is 9.84 Å². The van der Waals surface area contributed by atoms with E-state index in [4.69, 9.17) is 0 Å². The van der Waals surface area contributed by atoms with Crippen molar-refractivity contribution in [2.45, 2.75) is 19.3 Å². The monoisotopic (exact) mass is 349 g/mol. The Kier molecular flexibility index (Phi) is 3.71. The molecule has 0 radical (unpaired) electrons. The van der Waals surface area contributed by atoms with Crippen molar-refractivity contribution in [2.24, 2.45) is 5.41 Å². The number of benzene rings is 1. The second-order valence-corrected chi connectivity index (χ2v) is 9.45. The Morgan fingerprint density at radius 1 is 1.04 bits per heavy atom. The molecule has 3 fully saturated rings. The van der Waals surface area contributed by atoms with Crippen molar-refractivity contribution in [1.82, 2.24) is 4.90 Å². The smallest absolute Gasteiger partial charge is 0.321 e. The number of anilines is 2. The number of piperidine rings is 1. The Balaban J connectivity index is 1.40. The van der Waals surface area contributed by atoms with Crippen molar-refractivity contribution >= 4 is 27.2 Å². The summed E-state index contributed by atoms with van der Waals surface area (Å²) >= 11 is 0. The Morgan fingerprint density at radius 2 is 1.71 bits per heavy atom. The molecule has 3 heterocycles. The van der Waals surface area contributed by atoms with E-state index in [-0.39, 0.29) is 23.0 Å². The van der Waals surface area contributed by atoms with Gasteiger partial charge in [-0.1, -0.05) is 12.1 Å². The number of nitrogens with one attached hydrogen (secondary N) is 1. The fourth-order valence-corrected chi connectivity index (χ4v) is 6.31. The first-order valence-electron chi connectivity index (χ1n) is 8.57. The molecule has 7 heteroatoms. The molecule has 6 nitrogen and oxygen atoms in total. The van der Waals surface area contributed by atoms with Crippen LogP contribution < -0.4 is 10.2 Å². The first-order chi connectivity index (χ1) is 11.5. The van der Waals surface area contributed by atoms with E-state index in [0.29, 0.717) is 13.1 Å². The van der Waals surface area contributed by atoms with Crippen LogP contribution in [0, 0.1) is 5.41 Å². The van der Waals surface area contributed by atoms with Gasteiger partial charge in [-0.25, -0.2) is 13.2 Å². The first kappa shape index (κ1) is 15.7. The number of urea groups is 1. The highest BCUT2D eigenvalue weighted by Crippen LogP contribution is 2.41. The summed E-state index contributed by atoms with van der Waals surface area (Å²) in [5, 5.41) is 3.01. The first-order valence-corrected chi connectivity index (χ1v) is 10.4. The number of sulfone groups is 1. The Morgan fingerprint density at radius 3 is 2.38 bits per heavy atom. The minimum Gasteiger partial charge on any atom is -0.370 e. The van der Waals surface area contributed by atoms with E-state index in [1.165, 1.54) is 19.3 Å². The molecule has 1 spiro atoms. The second kappa shape index (κ2) is 5.65. The van der Waals surface area contributed by atoms with Gasteiger partial charge in [0.15, 0.2) is 9.84 Å². The second-order valence-electron chi connectivity index (χ2n) is 7.38. The van der Waals surface area contributed by atoms with Gasteiger partial charge < -0.3 is 15.1 Å². The zero-order valence-corrected chi connectivity index (χ0v) is 14.5. The predicted octanol–water partition coefficient (Wildman–Crippen LogP) is 1.94. The van der Waals surface area contributed by atoms with Crippen LogP contribution in [0.25, 0.3) is 0 Å². The molecule has 0 aliphatic carbocycles. The van der Waals surface area contributed by atoms with E-state index in [2.05, 4.69) is 16.3 Å². The van der Waals surface area contributed by atoms with E-state index >= 15 is 0 Å². The maximum absolute atomic E-state index is 12.5. The highest BCUT2D eigenvalue weighted by molar-refractivity contribution is 7.92. The summed E-state index contributed by atoms with van der Waals surface area (Å²) in [5.41, 5.74) is 1.75. The molecule has 0 bridgehead atoms. The fourth-order valence-electron chi connectivity index (χ4n) is 4.16. The van der Waals surface area contributed by atoms with Gasteiger partial charge in [-0.15, -0.1) is 0 Å². The summed E-state index contributed by atoms with van der Waals surface area (Å²) in [7, 11) is -2.84. The summed E-state index contributed by atoms with van der Waals surface area (Å²) < 4.78 is 22.7. The molecule has 1 aromatic carbocycles. The van der Waals surface area contributed by atoms with E-state index in [1.54, 1.807) is 4.90 Å². The minimum atomic E-state index is -2.84. The van der Waals surface area contributed by atoms with Gasteiger partial charge in [0.2, 0.25) is 0 Å². The highest BCUT2D eigenvalue weighted by Gasteiger charge is 2.57. The van der Waals surface area contributed by atoms with Crippen molar-refractivity contribution in [3.05, 3.63) is 24.3 Å². The number of likely N-dealkylation sites (tertiary alicyclic amines) is 1. The number of hydrogen-bond acceptors (Lipinski definition) is 4. The van der Waals surface area contributed by atoms with Gasteiger partial charge in [-0.05, 0) is 31.4 Å². The average Bonchev–Trinajstić information content (AvgIpc) is 2.51. The number of carbonyl (C=O) groups excluding carboxylic acids is 1. The molecule has 1 N–H and O–H groups in total. The zero-order valence-electron chi connectivity index (χ0n) is 13.7. The van der Waals surface area contributed by atoms with E-state index in [9.17, 15) is 13.2 Å². The van der Waals surface area contributed by atoms with Crippen LogP contribution in [0.5, 0.6) is 0 Å². The largest absolute Gasteiger partial charge is 0.370 e. The van der Waals surface area contributed by atoms with Crippen molar-refractivity contribution < 1.29 is 13.2 Å². The summed E-state index contributed by atoms with van der Waals surface area (Å²) in [4.78, 5) is 16.5. The van der Waals surface area contributed by atoms with Crippen molar-refractivity contribution in [1.29, 1.82) is 0 Å². The Hall–Kier alpha value is -1.76. The molecule has 24 heavy (non-hydrogen) atoms. The van der Waals surface area contributed by atoms with Crippen LogP contribution in [-0.4, -0.2) is 57.0 Å². The van der Waals surface area contributed by atoms with Gasteiger partial charge in [-0.3, -0.25) is 0 Å². The third kappa shape index (κ3) is 2.85. The molecule has 0 unspecified atom stereocenters. The fraction of sp³-hybridized carbons (Fsp3) is 0.588. The van der Waals surface area contributed by atoms with E-state index in [0.717, 1.165) is 24.5 Å². The standard InChI is InChI=1S/C17H23N3O3S/c21-16(20-10-17(11-20)12-24(22,23)13-17)18-14-6-2-3-7-15(14)19-8-4-1-5-9-19/h2-3,6-7H,1,4-5,8-13H2,(H,18,21). The number of carbonyl (C=O) groups is 1. The molecular weight excluding hydrogens is 326 g/mol.